The minimum Gasteiger partial charge on any atom is -0.273 e. The highest BCUT2D eigenvalue weighted by atomic mass is 32.2. The lowest BCUT2D eigenvalue weighted by atomic mass is 10.1. The van der Waals surface area contributed by atoms with Crippen LogP contribution in [0.5, 0.6) is 0 Å². The zero-order valence-corrected chi connectivity index (χ0v) is 9.59. The Labute approximate surface area is 84.2 Å². The zero-order chi connectivity index (χ0) is 10.9. The minimum atomic E-state index is -3.17. The van der Waals surface area contributed by atoms with Gasteiger partial charge in [-0.05, 0) is 13.8 Å². The van der Waals surface area contributed by atoms with Crippen molar-refractivity contribution in [2.24, 2.45) is 7.05 Å². The van der Waals surface area contributed by atoms with E-state index >= 15 is 0 Å². The number of hydrogen-bond donors (Lipinski definition) is 1. The SMILES string of the molecule is Cc1c([C@@H](C)NS(C)(=O)=O)cnn1C. The lowest BCUT2D eigenvalue weighted by Crippen LogP contribution is -2.25. The smallest absolute Gasteiger partial charge is 0.209 e. The molecular weight excluding hydrogens is 202 g/mol. The Morgan fingerprint density at radius 2 is 2.14 bits per heavy atom. The van der Waals surface area contributed by atoms with Gasteiger partial charge in [-0.1, -0.05) is 0 Å². The molecule has 1 N–H and O–H groups in total. The normalized spacial score (nSPS) is 14.3. The molecule has 0 radical (unpaired) electrons. The van der Waals surface area contributed by atoms with Crippen molar-refractivity contribution in [2.45, 2.75) is 19.9 Å². The maximum atomic E-state index is 11.0. The molecule has 5 nitrogen and oxygen atoms in total. The predicted molar refractivity (Wildman–Crippen MR) is 54.3 cm³/mol. The molecule has 0 aromatic carbocycles. The Morgan fingerprint density at radius 1 is 1.57 bits per heavy atom. The van der Waals surface area contributed by atoms with Crippen LogP contribution in [0, 0.1) is 6.92 Å². The molecule has 14 heavy (non-hydrogen) atoms. The molecular formula is C8H15N3O2S. The molecule has 0 aliphatic rings. The number of rotatable bonds is 3. The summed E-state index contributed by atoms with van der Waals surface area (Å²) in [5.74, 6) is 0. The first-order chi connectivity index (χ1) is 6.31. The van der Waals surface area contributed by atoms with Gasteiger partial charge in [0.2, 0.25) is 10.0 Å². The van der Waals surface area contributed by atoms with Crippen LogP contribution >= 0.6 is 0 Å². The van der Waals surface area contributed by atoms with Gasteiger partial charge in [-0.25, -0.2) is 13.1 Å². The molecule has 0 fully saturated rings. The van der Waals surface area contributed by atoms with Crippen molar-refractivity contribution in [2.75, 3.05) is 6.26 Å². The molecule has 0 amide bonds. The van der Waals surface area contributed by atoms with Gasteiger partial charge in [0.25, 0.3) is 0 Å². The van der Waals surface area contributed by atoms with E-state index in [9.17, 15) is 8.42 Å². The predicted octanol–water partition coefficient (Wildman–Crippen LogP) is 0.339. The summed E-state index contributed by atoms with van der Waals surface area (Å²) in [6, 6.07) is -0.237. The van der Waals surface area contributed by atoms with Crippen LogP contribution < -0.4 is 4.72 Å². The van der Waals surface area contributed by atoms with Crippen LogP contribution in [0.4, 0.5) is 0 Å². The van der Waals surface area contributed by atoms with Crippen LogP contribution in [0.1, 0.15) is 24.2 Å². The van der Waals surface area contributed by atoms with Gasteiger partial charge in [0.1, 0.15) is 0 Å². The molecule has 80 valence electrons. The second kappa shape index (κ2) is 3.70. The highest BCUT2D eigenvalue weighted by Crippen LogP contribution is 2.16. The van der Waals surface area contributed by atoms with E-state index in [1.165, 1.54) is 0 Å². The Bertz CT molecular complexity index is 422. The molecule has 0 saturated heterocycles. The van der Waals surface area contributed by atoms with Gasteiger partial charge in [0, 0.05) is 24.3 Å². The summed E-state index contributed by atoms with van der Waals surface area (Å²) in [6.07, 6.45) is 2.83. The number of aryl methyl sites for hydroxylation is 1. The highest BCUT2D eigenvalue weighted by molar-refractivity contribution is 7.88. The van der Waals surface area contributed by atoms with Gasteiger partial charge < -0.3 is 0 Å². The number of nitrogens with zero attached hydrogens (tertiary/aromatic N) is 2. The first-order valence-electron chi connectivity index (χ1n) is 4.27. The van der Waals surface area contributed by atoms with E-state index in [0.29, 0.717) is 0 Å². The quantitative estimate of drug-likeness (QED) is 0.794. The minimum absolute atomic E-state index is 0.237. The second-order valence-electron chi connectivity index (χ2n) is 3.42. The summed E-state index contributed by atoms with van der Waals surface area (Å²) >= 11 is 0. The van der Waals surface area contributed by atoms with E-state index in [1.54, 1.807) is 17.8 Å². The van der Waals surface area contributed by atoms with Gasteiger partial charge in [0.05, 0.1) is 12.5 Å². The average molecular weight is 217 g/mol. The summed E-state index contributed by atoms with van der Waals surface area (Å²) < 4.78 is 26.2. The largest absolute Gasteiger partial charge is 0.273 e. The van der Waals surface area contributed by atoms with Gasteiger partial charge in [-0.2, -0.15) is 5.10 Å². The van der Waals surface area contributed by atoms with Gasteiger partial charge in [0.15, 0.2) is 0 Å². The van der Waals surface area contributed by atoms with Crippen molar-refractivity contribution in [1.29, 1.82) is 0 Å². The average Bonchev–Trinajstić information content (AvgIpc) is 2.29. The van der Waals surface area contributed by atoms with Crippen molar-refractivity contribution < 1.29 is 8.42 Å². The number of aromatic nitrogens is 2. The fourth-order valence-corrected chi connectivity index (χ4v) is 2.09. The summed E-state index contributed by atoms with van der Waals surface area (Å²) in [4.78, 5) is 0. The molecule has 0 aliphatic carbocycles. The Balaban J connectivity index is 2.90. The van der Waals surface area contributed by atoms with Gasteiger partial charge >= 0.3 is 0 Å². The Morgan fingerprint density at radius 3 is 2.50 bits per heavy atom. The maximum absolute atomic E-state index is 11.0. The molecule has 0 saturated carbocycles. The Hall–Kier alpha value is -0.880. The van der Waals surface area contributed by atoms with E-state index in [2.05, 4.69) is 9.82 Å². The van der Waals surface area contributed by atoms with Gasteiger partial charge in [-0.3, -0.25) is 4.68 Å². The number of sulfonamides is 1. The van der Waals surface area contributed by atoms with Crippen LogP contribution in [0.15, 0.2) is 6.20 Å². The second-order valence-corrected chi connectivity index (χ2v) is 5.20. The molecule has 6 heteroatoms. The van der Waals surface area contributed by atoms with Crippen molar-refractivity contribution in [3.05, 3.63) is 17.5 Å². The summed E-state index contributed by atoms with van der Waals surface area (Å²) in [5.41, 5.74) is 1.87. The zero-order valence-electron chi connectivity index (χ0n) is 8.77. The van der Waals surface area contributed by atoms with Crippen LogP contribution in [0.3, 0.4) is 0 Å². The van der Waals surface area contributed by atoms with Crippen LogP contribution in [-0.2, 0) is 17.1 Å². The molecule has 1 rings (SSSR count). The van der Waals surface area contributed by atoms with Crippen molar-refractivity contribution in [3.8, 4) is 0 Å². The fourth-order valence-electron chi connectivity index (χ4n) is 1.33. The van der Waals surface area contributed by atoms with Crippen molar-refractivity contribution in [1.82, 2.24) is 14.5 Å². The summed E-state index contributed by atoms with van der Waals surface area (Å²) in [7, 11) is -1.34. The molecule has 0 unspecified atom stereocenters. The first kappa shape index (κ1) is 11.2. The summed E-state index contributed by atoms with van der Waals surface area (Å²) in [6.45, 7) is 3.70. The van der Waals surface area contributed by atoms with E-state index in [-0.39, 0.29) is 6.04 Å². The maximum Gasteiger partial charge on any atom is 0.209 e. The Kier molecular flexibility index (Phi) is 2.96. The molecule has 1 aromatic heterocycles. The lowest BCUT2D eigenvalue weighted by Gasteiger charge is -2.11. The van der Waals surface area contributed by atoms with Crippen LogP contribution in [-0.4, -0.2) is 24.5 Å². The van der Waals surface area contributed by atoms with Crippen molar-refractivity contribution in [3.63, 3.8) is 0 Å². The standard InChI is InChI=1S/C8H15N3O2S/c1-6(10-14(4,12)13)8-5-9-11(3)7(8)2/h5-6,10H,1-4H3/t6-/m1/s1. The lowest BCUT2D eigenvalue weighted by molar-refractivity contribution is 0.572. The fraction of sp³-hybridized carbons (Fsp3) is 0.625. The number of hydrogen-bond acceptors (Lipinski definition) is 3. The monoisotopic (exact) mass is 217 g/mol. The van der Waals surface area contributed by atoms with E-state index in [0.717, 1.165) is 17.5 Å². The number of nitrogens with one attached hydrogen (secondary N) is 1. The summed E-state index contributed by atoms with van der Waals surface area (Å²) in [5, 5.41) is 4.05. The third-order valence-corrected chi connectivity index (χ3v) is 2.91. The molecule has 1 heterocycles. The molecule has 0 aliphatic heterocycles. The molecule has 1 atom stereocenters. The van der Waals surface area contributed by atoms with Crippen LogP contribution in [0.25, 0.3) is 0 Å². The van der Waals surface area contributed by atoms with E-state index < -0.39 is 10.0 Å². The third-order valence-electron chi connectivity index (χ3n) is 2.13. The topological polar surface area (TPSA) is 64.0 Å². The molecule has 1 aromatic rings. The first-order valence-corrected chi connectivity index (χ1v) is 6.16. The van der Waals surface area contributed by atoms with E-state index in [1.807, 2.05) is 14.0 Å². The molecule has 0 bridgehead atoms. The third kappa shape index (κ3) is 2.55. The highest BCUT2D eigenvalue weighted by Gasteiger charge is 2.15. The van der Waals surface area contributed by atoms with E-state index in [4.69, 9.17) is 0 Å². The van der Waals surface area contributed by atoms with Crippen molar-refractivity contribution >= 4 is 10.0 Å². The van der Waals surface area contributed by atoms with Gasteiger partial charge in [-0.15, -0.1) is 0 Å². The van der Waals surface area contributed by atoms with Crippen LogP contribution in [0.2, 0.25) is 0 Å². The molecule has 0 spiro atoms.